The van der Waals surface area contributed by atoms with Gasteiger partial charge in [0.1, 0.15) is 6.54 Å². The molecule has 2 aliphatic carbocycles. The molecule has 2 fully saturated rings. The van der Waals surface area contributed by atoms with E-state index in [0.717, 1.165) is 51.4 Å². The molecule has 0 aromatic heterocycles. The third kappa shape index (κ3) is 7.53. The molecule has 10 heteroatoms. The second-order valence-corrected chi connectivity index (χ2v) is 10.8. The number of rotatable bonds is 9. The van der Waals surface area contributed by atoms with E-state index in [-0.39, 0.29) is 35.4 Å². The minimum Gasteiger partial charge on any atom is -0.455 e. The van der Waals surface area contributed by atoms with Crippen molar-refractivity contribution in [2.45, 2.75) is 88.1 Å². The van der Waals surface area contributed by atoms with Crippen molar-refractivity contribution < 1.29 is 27.5 Å². The average Bonchev–Trinajstić information content (AvgIpc) is 2.83. The summed E-state index contributed by atoms with van der Waals surface area (Å²) in [5.74, 6) is -1.26. The Labute approximate surface area is 201 Å². The van der Waals surface area contributed by atoms with Crippen LogP contribution in [0.2, 0.25) is 0 Å². The Morgan fingerprint density at radius 2 is 1.44 bits per heavy atom. The minimum atomic E-state index is -3.95. The molecule has 0 aliphatic heterocycles. The van der Waals surface area contributed by atoms with Crippen molar-refractivity contribution in [2.75, 3.05) is 18.5 Å². The quantitative estimate of drug-likeness (QED) is 0.510. The van der Waals surface area contributed by atoms with Gasteiger partial charge in [0.15, 0.2) is 6.61 Å². The minimum absolute atomic E-state index is 0.0498. The molecule has 2 N–H and O–H groups in total. The van der Waals surface area contributed by atoms with Gasteiger partial charge in [0.25, 0.3) is 5.91 Å². The predicted octanol–water partition coefficient (Wildman–Crippen LogP) is 2.96. The Balaban J connectivity index is 1.52. The summed E-state index contributed by atoms with van der Waals surface area (Å²) in [4.78, 5) is 38.3. The lowest BCUT2D eigenvalue weighted by atomic mass is 9.88. The van der Waals surface area contributed by atoms with E-state index in [1.54, 1.807) is 0 Å². The molecule has 2 saturated carbocycles. The molecular formula is C24H35N3O6S. The molecule has 0 heterocycles. The maximum atomic E-state index is 13.1. The smallest absolute Gasteiger partial charge is 0.321 e. The topological polar surface area (TPSA) is 122 Å². The molecule has 0 saturated heterocycles. The molecule has 0 spiro atoms. The van der Waals surface area contributed by atoms with Gasteiger partial charge in [-0.15, -0.1) is 0 Å². The fourth-order valence-electron chi connectivity index (χ4n) is 4.85. The van der Waals surface area contributed by atoms with Crippen LogP contribution < -0.4 is 10.0 Å². The average molecular weight is 494 g/mol. The first-order chi connectivity index (χ1) is 16.3. The number of carbonyl (C=O) groups is 3. The van der Waals surface area contributed by atoms with Crippen LogP contribution in [0.5, 0.6) is 0 Å². The van der Waals surface area contributed by atoms with Crippen LogP contribution in [0.3, 0.4) is 0 Å². The molecule has 1 aromatic rings. The van der Waals surface area contributed by atoms with Gasteiger partial charge in [-0.05, 0) is 49.9 Å². The van der Waals surface area contributed by atoms with Crippen molar-refractivity contribution in [3.05, 3.63) is 24.3 Å². The zero-order valence-electron chi connectivity index (χ0n) is 19.8. The lowest BCUT2D eigenvalue weighted by Crippen LogP contribution is -2.50. The van der Waals surface area contributed by atoms with Gasteiger partial charge in [0.05, 0.1) is 4.90 Å². The number of esters is 1. The summed E-state index contributed by atoms with van der Waals surface area (Å²) in [6.07, 6.45) is 10.7. The fourth-order valence-corrected chi connectivity index (χ4v) is 5.82. The van der Waals surface area contributed by atoms with Crippen LogP contribution in [0.25, 0.3) is 0 Å². The second-order valence-electron chi connectivity index (χ2n) is 9.08. The Morgan fingerprint density at radius 1 is 0.912 bits per heavy atom. The number of anilines is 1. The molecule has 2 amide bonds. The maximum absolute atomic E-state index is 13.1. The van der Waals surface area contributed by atoms with Crippen molar-refractivity contribution in [1.82, 2.24) is 9.62 Å². The van der Waals surface area contributed by atoms with Crippen molar-refractivity contribution in [3.8, 4) is 0 Å². The highest BCUT2D eigenvalue weighted by Crippen LogP contribution is 2.30. The van der Waals surface area contributed by atoms with Gasteiger partial charge in [-0.2, -0.15) is 4.72 Å². The predicted molar refractivity (Wildman–Crippen MR) is 127 cm³/mol. The maximum Gasteiger partial charge on any atom is 0.321 e. The number of amides is 2. The molecular weight excluding hydrogens is 458 g/mol. The van der Waals surface area contributed by atoms with E-state index < -0.39 is 22.5 Å². The number of hydrogen-bond donors (Lipinski definition) is 2. The molecule has 9 nitrogen and oxygen atoms in total. The number of nitrogens with one attached hydrogen (secondary N) is 2. The van der Waals surface area contributed by atoms with E-state index in [9.17, 15) is 22.8 Å². The van der Waals surface area contributed by atoms with Gasteiger partial charge in [0, 0.05) is 24.7 Å². The Hall–Kier alpha value is -2.46. The Kier molecular flexibility index (Phi) is 9.46. The van der Waals surface area contributed by atoms with Crippen LogP contribution in [0.15, 0.2) is 29.2 Å². The summed E-state index contributed by atoms with van der Waals surface area (Å²) >= 11 is 0. The third-order valence-electron chi connectivity index (χ3n) is 6.47. The van der Waals surface area contributed by atoms with Crippen LogP contribution in [-0.4, -0.2) is 56.3 Å². The number of ether oxygens (including phenoxy) is 1. The lowest BCUT2D eigenvalue weighted by Gasteiger charge is -2.41. The molecule has 0 radical (unpaired) electrons. The van der Waals surface area contributed by atoms with E-state index in [2.05, 4.69) is 10.0 Å². The van der Waals surface area contributed by atoms with Crippen LogP contribution in [-0.2, 0) is 29.1 Å². The van der Waals surface area contributed by atoms with E-state index in [4.69, 9.17) is 4.74 Å². The van der Waals surface area contributed by atoms with Crippen molar-refractivity contribution >= 4 is 33.5 Å². The summed E-state index contributed by atoms with van der Waals surface area (Å²) in [7, 11) is -3.95. The molecule has 0 bridgehead atoms. The molecule has 0 atom stereocenters. The van der Waals surface area contributed by atoms with E-state index in [0.29, 0.717) is 5.69 Å². The first-order valence-electron chi connectivity index (χ1n) is 12.1. The molecule has 3 rings (SSSR count). The number of hydrogen-bond acceptors (Lipinski definition) is 6. The highest BCUT2D eigenvalue weighted by molar-refractivity contribution is 7.89. The van der Waals surface area contributed by atoms with Gasteiger partial charge < -0.3 is 15.0 Å². The van der Waals surface area contributed by atoms with E-state index >= 15 is 0 Å². The highest BCUT2D eigenvalue weighted by atomic mass is 32.2. The van der Waals surface area contributed by atoms with Crippen LogP contribution in [0.1, 0.15) is 71.1 Å². The number of nitrogens with zero attached hydrogens (tertiary/aromatic N) is 1. The molecule has 188 valence electrons. The monoisotopic (exact) mass is 493 g/mol. The zero-order chi connectivity index (χ0) is 24.6. The van der Waals surface area contributed by atoms with Gasteiger partial charge >= 0.3 is 5.97 Å². The molecule has 0 unspecified atom stereocenters. The zero-order valence-corrected chi connectivity index (χ0v) is 20.6. The Morgan fingerprint density at radius 3 is 1.94 bits per heavy atom. The first kappa shape index (κ1) is 26.2. The number of sulfonamides is 1. The normalized spacial score (nSPS) is 17.7. The summed E-state index contributed by atoms with van der Waals surface area (Å²) in [6.45, 7) is 0.404. The van der Waals surface area contributed by atoms with Crippen molar-refractivity contribution in [1.29, 1.82) is 0 Å². The number of benzene rings is 1. The van der Waals surface area contributed by atoms with Crippen molar-refractivity contribution in [3.63, 3.8) is 0 Å². The lowest BCUT2D eigenvalue weighted by molar-refractivity contribution is -0.154. The van der Waals surface area contributed by atoms with Crippen LogP contribution in [0.4, 0.5) is 5.69 Å². The van der Waals surface area contributed by atoms with Gasteiger partial charge in [-0.1, -0.05) is 38.5 Å². The molecule has 1 aromatic carbocycles. The summed E-state index contributed by atoms with van der Waals surface area (Å²) in [6, 6.07) is 5.96. The SMILES string of the molecule is CC(=O)Nc1ccc(S(=O)(=O)NCC(=O)OCC(=O)N(C2CCCCC2)C2CCCCC2)cc1. The summed E-state index contributed by atoms with van der Waals surface area (Å²) in [5.41, 5.74) is 0.463. The molecule has 34 heavy (non-hydrogen) atoms. The summed E-state index contributed by atoms with van der Waals surface area (Å²) < 4.78 is 32.3. The second kappa shape index (κ2) is 12.3. The van der Waals surface area contributed by atoms with Crippen LogP contribution in [0, 0.1) is 0 Å². The summed E-state index contributed by atoms with van der Waals surface area (Å²) in [5, 5.41) is 2.55. The standard InChI is InChI=1S/C24H35N3O6S/c1-18(28)26-19-12-14-22(15-13-19)34(31,32)25-16-24(30)33-17-23(29)27(20-8-4-2-5-9-20)21-10-6-3-7-11-21/h12-15,20-21,25H,2-11,16-17H2,1H3,(H,26,28). The van der Waals surface area contributed by atoms with Crippen molar-refractivity contribution in [2.24, 2.45) is 0 Å². The third-order valence-corrected chi connectivity index (χ3v) is 7.89. The van der Waals surface area contributed by atoms with E-state index in [1.165, 1.54) is 44.0 Å². The van der Waals surface area contributed by atoms with E-state index in [1.807, 2.05) is 4.90 Å². The molecule has 2 aliphatic rings. The van der Waals surface area contributed by atoms with Gasteiger partial charge in [0.2, 0.25) is 15.9 Å². The first-order valence-corrected chi connectivity index (χ1v) is 13.6. The Bertz CT molecular complexity index is 933. The number of carbonyl (C=O) groups excluding carboxylic acids is 3. The van der Waals surface area contributed by atoms with Gasteiger partial charge in [-0.3, -0.25) is 14.4 Å². The van der Waals surface area contributed by atoms with Gasteiger partial charge in [-0.25, -0.2) is 8.42 Å². The van der Waals surface area contributed by atoms with Crippen LogP contribution >= 0.6 is 0 Å². The fraction of sp³-hybridized carbons (Fsp3) is 0.625. The largest absolute Gasteiger partial charge is 0.455 e. The highest BCUT2D eigenvalue weighted by Gasteiger charge is 2.32.